The van der Waals surface area contributed by atoms with Gasteiger partial charge in [0, 0.05) is 33.2 Å². The molecular weight excluding hydrogens is 539 g/mol. The summed E-state index contributed by atoms with van der Waals surface area (Å²) in [6.45, 7) is 4.18. The fraction of sp³-hybridized carbons (Fsp3) is 0.458. The van der Waals surface area contributed by atoms with E-state index in [1.54, 1.807) is 19.2 Å². The number of benzene rings is 2. The molecule has 0 bridgehead atoms. The Bertz CT molecular complexity index is 875. The molecule has 2 unspecified atom stereocenters. The van der Waals surface area contributed by atoms with E-state index in [0.29, 0.717) is 32.3 Å². The molecule has 0 aromatic heterocycles. The van der Waals surface area contributed by atoms with Gasteiger partial charge >= 0.3 is 0 Å². The Hall–Kier alpha value is -1.82. The first-order chi connectivity index (χ1) is 15.5. The molecule has 1 heterocycles. The average Bonchev–Trinajstić information content (AvgIpc) is 2.79. The monoisotopic (exact) mass is 573 g/mol. The largest absolute Gasteiger partial charge is 0.379 e. The highest BCUT2D eigenvalue weighted by molar-refractivity contribution is 14.0. The Labute approximate surface area is 212 Å². The number of aliphatic imine (C=N–C) groups is 1. The molecule has 2 N–H and O–H groups in total. The maximum absolute atomic E-state index is 13.7. The summed E-state index contributed by atoms with van der Waals surface area (Å²) in [5, 5.41) is 6.77. The van der Waals surface area contributed by atoms with E-state index in [1.807, 2.05) is 37.2 Å². The molecular formula is C24H34F2IN5O. The second kappa shape index (κ2) is 13.8. The minimum atomic E-state index is -0.246. The highest BCUT2D eigenvalue weighted by atomic mass is 127. The molecule has 0 radical (unpaired) electrons. The van der Waals surface area contributed by atoms with Crippen LogP contribution in [0, 0.1) is 11.6 Å². The quantitative estimate of drug-likeness (QED) is 0.288. The Kier molecular flexibility index (Phi) is 11.5. The molecule has 182 valence electrons. The predicted molar refractivity (Wildman–Crippen MR) is 139 cm³/mol. The van der Waals surface area contributed by atoms with E-state index in [2.05, 4.69) is 20.5 Å². The predicted octanol–water partition coefficient (Wildman–Crippen LogP) is 3.42. The van der Waals surface area contributed by atoms with Gasteiger partial charge < -0.3 is 20.3 Å². The van der Waals surface area contributed by atoms with Gasteiger partial charge in [-0.05, 0) is 49.5 Å². The minimum absolute atomic E-state index is 0. The molecule has 0 saturated carbocycles. The third kappa shape index (κ3) is 8.16. The number of likely N-dealkylation sites (N-methyl/N-ethyl adjacent to an activating group) is 1. The molecule has 0 amide bonds. The summed E-state index contributed by atoms with van der Waals surface area (Å²) in [4.78, 5) is 8.74. The van der Waals surface area contributed by atoms with Crippen LogP contribution < -0.4 is 10.6 Å². The number of halogens is 3. The van der Waals surface area contributed by atoms with Gasteiger partial charge in [-0.25, -0.2) is 8.78 Å². The normalized spacial score (nSPS) is 16.7. The van der Waals surface area contributed by atoms with Gasteiger partial charge in [0.15, 0.2) is 5.96 Å². The fourth-order valence-electron chi connectivity index (χ4n) is 3.95. The Morgan fingerprint density at radius 3 is 2.27 bits per heavy atom. The second-order valence-electron chi connectivity index (χ2n) is 8.08. The molecule has 33 heavy (non-hydrogen) atoms. The first kappa shape index (κ1) is 27.4. The molecule has 1 fully saturated rings. The van der Waals surface area contributed by atoms with Gasteiger partial charge in [0.25, 0.3) is 0 Å². The van der Waals surface area contributed by atoms with Crippen molar-refractivity contribution in [1.29, 1.82) is 0 Å². The van der Waals surface area contributed by atoms with Crippen molar-refractivity contribution < 1.29 is 13.5 Å². The molecule has 2 aromatic carbocycles. The molecule has 1 saturated heterocycles. The van der Waals surface area contributed by atoms with Crippen molar-refractivity contribution in [2.45, 2.75) is 12.1 Å². The van der Waals surface area contributed by atoms with E-state index in [9.17, 15) is 8.78 Å². The van der Waals surface area contributed by atoms with Gasteiger partial charge in [0.2, 0.25) is 0 Å². The van der Waals surface area contributed by atoms with E-state index >= 15 is 0 Å². The third-order valence-corrected chi connectivity index (χ3v) is 5.75. The van der Waals surface area contributed by atoms with Crippen LogP contribution in [-0.2, 0) is 4.74 Å². The topological polar surface area (TPSA) is 52.1 Å². The van der Waals surface area contributed by atoms with Crippen molar-refractivity contribution in [1.82, 2.24) is 20.4 Å². The van der Waals surface area contributed by atoms with Gasteiger partial charge in [-0.3, -0.25) is 9.89 Å². The maximum Gasteiger partial charge on any atom is 0.191 e. The molecule has 6 nitrogen and oxygen atoms in total. The van der Waals surface area contributed by atoms with E-state index in [4.69, 9.17) is 4.74 Å². The maximum atomic E-state index is 13.7. The van der Waals surface area contributed by atoms with Crippen molar-refractivity contribution in [2.75, 3.05) is 60.5 Å². The highest BCUT2D eigenvalue weighted by Crippen LogP contribution is 2.22. The molecule has 0 spiro atoms. The number of guanidine groups is 1. The van der Waals surface area contributed by atoms with Gasteiger partial charge in [0.05, 0.1) is 25.3 Å². The summed E-state index contributed by atoms with van der Waals surface area (Å²) in [6, 6.07) is 13.4. The molecule has 1 aliphatic rings. The van der Waals surface area contributed by atoms with Crippen LogP contribution >= 0.6 is 24.0 Å². The lowest BCUT2D eigenvalue weighted by atomic mass is 10.0. The van der Waals surface area contributed by atoms with Gasteiger partial charge in [-0.15, -0.1) is 24.0 Å². The minimum Gasteiger partial charge on any atom is -0.379 e. The van der Waals surface area contributed by atoms with E-state index < -0.39 is 0 Å². The molecule has 0 aliphatic carbocycles. The summed E-state index contributed by atoms with van der Waals surface area (Å²) in [5.74, 6) is 0.171. The van der Waals surface area contributed by atoms with Crippen molar-refractivity contribution in [3.8, 4) is 0 Å². The summed E-state index contributed by atoms with van der Waals surface area (Å²) in [5.41, 5.74) is 1.94. The average molecular weight is 573 g/mol. The Morgan fingerprint density at radius 1 is 1.00 bits per heavy atom. The number of morpholine rings is 1. The van der Waals surface area contributed by atoms with E-state index in [0.717, 1.165) is 24.2 Å². The van der Waals surface area contributed by atoms with Crippen LogP contribution in [0.5, 0.6) is 0 Å². The zero-order valence-corrected chi connectivity index (χ0v) is 21.8. The van der Waals surface area contributed by atoms with Crippen LogP contribution in [0.1, 0.15) is 23.2 Å². The van der Waals surface area contributed by atoms with Crippen molar-refractivity contribution >= 4 is 29.9 Å². The first-order valence-electron chi connectivity index (χ1n) is 10.9. The Balaban J connectivity index is 0.00000385. The van der Waals surface area contributed by atoms with Crippen LogP contribution in [-0.4, -0.2) is 76.3 Å². The SMILES string of the molecule is CN=C(NCC(c1cccc(F)c1)N(C)C)NCC(c1ccc(F)cc1)N1CCOCC1.I. The highest BCUT2D eigenvalue weighted by Gasteiger charge is 2.23. The number of ether oxygens (including phenoxy) is 1. The van der Waals surface area contributed by atoms with E-state index in [-0.39, 0.29) is 47.7 Å². The fourth-order valence-corrected chi connectivity index (χ4v) is 3.95. The van der Waals surface area contributed by atoms with Crippen molar-refractivity contribution in [3.05, 3.63) is 71.3 Å². The lowest BCUT2D eigenvalue weighted by Crippen LogP contribution is -2.47. The lowest BCUT2D eigenvalue weighted by molar-refractivity contribution is 0.0170. The van der Waals surface area contributed by atoms with Crippen molar-refractivity contribution in [3.63, 3.8) is 0 Å². The van der Waals surface area contributed by atoms with Crippen LogP contribution in [0.25, 0.3) is 0 Å². The zero-order chi connectivity index (χ0) is 22.9. The van der Waals surface area contributed by atoms with Gasteiger partial charge in [-0.1, -0.05) is 24.3 Å². The van der Waals surface area contributed by atoms with Crippen LogP contribution in [0.4, 0.5) is 8.78 Å². The number of nitrogens with zero attached hydrogens (tertiary/aromatic N) is 3. The van der Waals surface area contributed by atoms with Crippen molar-refractivity contribution in [2.24, 2.45) is 4.99 Å². The summed E-state index contributed by atoms with van der Waals surface area (Å²) >= 11 is 0. The standard InChI is InChI=1S/C24H33F2N5O.HI/c1-27-24(28-16-22(30(2)3)19-5-4-6-21(26)15-19)29-17-23(31-11-13-32-14-12-31)18-7-9-20(25)10-8-18;/h4-10,15,22-23H,11-14,16-17H2,1-3H3,(H2,27,28,29);1H. The molecule has 9 heteroatoms. The van der Waals surface area contributed by atoms with Crippen LogP contribution in [0.15, 0.2) is 53.5 Å². The number of hydrogen-bond acceptors (Lipinski definition) is 4. The molecule has 1 aliphatic heterocycles. The Morgan fingerprint density at radius 2 is 1.67 bits per heavy atom. The lowest BCUT2D eigenvalue weighted by Gasteiger charge is -2.35. The second-order valence-corrected chi connectivity index (χ2v) is 8.08. The number of hydrogen-bond donors (Lipinski definition) is 2. The van der Waals surface area contributed by atoms with Crippen LogP contribution in [0.2, 0.25) is 0 Å². The number of rotatable bonds is 8. The van der Waals surface area contributed by atoms with Gasteiger partial charge in [-0.2, -0.15) is 0 Å². The number of nitrogens with one attached hydrogen (secondary N) is 2. The molecule has 3 rings (SSSR count). The summed E-state index contributed by atoms with van der Waals surface area (Å²) in [7, 11) is 5.66. The summed E-state index contributed by atoms with van der Waals surface area (Å²) < 4.78 is 32.7. The van der Waals surface area contributed by atoms with Gasteiger partial charge in [0.1, 0.15) is 11.6 Å². The zero-order valence-electron chi connectivity index (χ0n) is 19.4. The van der Waals surface area contributed by atoms with E-state index in [1.165, 1.54) is 18.2 Å². The molecule has 2 atom stereocenters. The van der Waals surface area contributed by atoms with Crippen LogP contribution in [0.3, 0.4) is 0 Å². The third-order valence-electron chi connectivity index (χ3n) is 5.75. The first-order valence-corrected chi connectivity index (χ1v) is 10.9. The summed E-state index contributed by atoms with van der Waals surface area (Å²) in [6.07, 6.45) is 0. The molecule has 2 aromatic rings. The smallest absolute Gasteiger partial charge is 0.191 e.